The Kier molecular flexibility index (Phi) is 5.84. The van der Waals surface area contributed by atoms with E-state index in [0.717, 1.165) is 28.1 Å². The van der Waals surface area contributed by atoms with Crippen molar-refractivity contribution in [1.82, 2.24) is 10.2 Å². The number of ether oxygens (including phenoxy) is 3. The van der Waals surface area contributed by atoms with Crippen LogP contribution >= 0.6 is 0 Å². The van der Waals surface area contributed by atoms with E-state index < -0.39 is 0 Å². The lowest BCUT2D eigenvalue weighted by atomic mass is 10.0. The van der Waals surface area contributed by atoms with E-state index in [1.807, 2.05) is 49.4 Å². The van der Waals surface area contributed by atoms with E-state index in [0.29, 0.717) is 17.3 Å². The molecule has 0 spiro atoms. The number of nitrogens with one attached hydrogen (secondary N) is 2. The summed E-state index contributed by atoms with van der Waals surface area (Å²) >= 11 is 0. The third-order valence-corrected chi connectivity index (χ3v) is 4.40. The number of nitrogens with zero attached hydrogens (tertiary/aromatic N) is 1. The normalized spacial score (nSPS) is 10.4. The molecule has 3 rings (SSSR count). The van der Waals surface area contributed by atoms with Crippen molar-refractivity contribution in [2.45, 2.75) is 13.3 Å². The monoisotopic (exact) mass is 381 g/mol. The maximum atomic E-state index is 12.5. The van der Waals surface area contributed by atoms with E-state index in [9.17, 15) is 4.79 Å². The zero-order chi connectivity index (χ0) is 20.1. The van der Waals surface area contributed by atoms with Crippen molar-refractivity contribution in [3.05, 3.63) is 53.7 Å². The first kappa shape index (κ1) is 19.3. The molecule has 0 radical (unpaired) electrons. The van der Waals surface area contributed by atoms with Crippen molar-refractivity contribution in [2.75, 3.05) is 26.6 Å². The van der Waals surface area contributed by atoms with Crippen LogP contribution in [-0.2, 0) is 11.2 Å². The Labute approximate surface area is 163 Å². The molecule has 0 unspecified atom stereocenters. The second kappa shape index (κ2) is 8.47. The van der Waals surface area contributed by atoms with Crippen LogP contribution in [-0.4, -0.2) is 37.4 Å². The van der Waals surface area contributed by atoms with Gasteiger partial charge < -0.3 is 19.5 Å². The van der Waals surface area contributed by atoms with Gasteiger partial charge in [0.1, 0.15) is 5.75 Å². The molecule has 1 amide bonds. The van der Waals surface area contributed by atoms with E-state index in [4.69, 9.17) is 14.2 Å². The third kappa shape index (κ3) is 4.09. The van der Waals surface area contributed by atoms with Gasteiger partial charge in [-0.1, -0.05) is 18.2 Å². The van der Waals surface area contributed by atoms with Crippen molar-refractivity contribution in [3.8, 4) is 28.4 Å². The van der Waals surface area contributed by atoms with Crippen LogP contribution in [0.2, 0.25) is 0 Å². The van der Waals surface area contributed by atoms with E-state index in [2.05, 4.69) is 15.5 Å². The van der Waals surface area contributed by atoms with Gasteiger partial charge in [0.2, 0.25) is 5.91 Å². The Balaban J connectivity index is 1.81. The van der Waals surface area contributed by atoms with Crippen LogP contribution in [0.5, 0.6) is 17.2 Å². The van der Waals surface area contributed by atoms with Crippen molar-refractivity contribution >= 4 is 11.7 Å². The number of aryl methyl sites for hydroxylation is 1. The minimum Gasteiger partial charge on any atom is -0.497 e. The topological polar surface area (TPSA) is 85.5 Å². The van der Waals surface area contributed by atoms with Crippen LogP contribution in [0.1, 0.15) is 11.3 Å². The van der Waals surface area contributed by atoms with E-state index in [1.165, 1.54) is 0 Å². The lowest BCUT2D eigenvalue weighted by Gasteiger charge is -2.11. The van der Waals surface area contributed by atoms with Crippen LogP contribution in [0.15, 0.2) is 42.5 Å². The van der Waals surface area contributed by atoms with Gasteiger partial charge in [-0.25, -0.2) is 0 Å². The highest BCUT2D eigenvalue weighted by molar-refractivity contribution is 5.95. The molecule has 0 aliphatic carbocycles. The lowest BCUT2D eigenvalue weighted by molar-refractivity contribution is -0.115. The molecule has 0 aliphatic heterocycles. The first-order valence-corrected chi connectivity index (χ1v) is 8.75. The quantitative estimate of drug-likeness (QED) is 0.653. The van der Waals surface area contributed by atoms with E-state index >= 15 is 0 Å². The number of hydrogen-bond acceptors (Lipinski definition) is 5. The summed E-state index contributed by atoms with van der Waals surface area (Å²) in [4.78, 5) is 12.5. The number of H-pyrrole nitrogens is 1. The lowest BCUT2D eigenvalue weighted by Crippen LogP contribution is -2.15. The van der Waals surface area contributed by atoms with Gasteiger partial charge >= 0.3 is 0 Å². The average Bonchev–Trinajstić information content (AvgIpc) is 3.07. The predicted molar refractivity (Wildman–Crippen MR) is 107 cm³/mol. The van der Waals surface area contributed by atoms with Crippen molar-refractivity contribution in [2.24, 2.45) is 0 Å². The zero-order valence-corrected chi connectivity index (χ0v) is 16.3. The number of aromatic amines is 1. The molecule has 0 aliphatic rings. The molecule has 3 aromatic rings. The second-order valence-electron chi connectivity index (χ2n) is 6.22. The SMILES string of the molecule is COc1ccc(CC(=O)Nc2n[nH]c(C)c2-c2ccc(OC)c(OC)c2)cc1. The number of benzene rings is 2. The fourth-order valence-electron chi connectivity index (χ4n) is 2.97. The maximum Gasteiger partial charge on any atom is 0.230 e. The van der Waals surface area contributed by atoms with Gasteiger partial charge in [0.05, 0.1) is 27.8 Å². The molecular weight excluding hydrogens is 358 g/mol. The number of anilines is 1. The summed E-state index contributed by atoms with van der Waals surface area (Å²) in [5, 5.41) is 10.1. The van der Waals surface area contributed by atoms with Gasteiger partial charge in [-0.3, -0.25) is 9.89 Å². The van der Waals surface area contributed by atoms with Gasteiger partial charge in [-0.05, 0) is 42.3 Å². The maximum absolute atomic E-state index is 12.5. The predicted octanol–water partition coefficient (Wildman–Crippen LogP) is 3.59. The molecule has 0 fully saturated rings. The molecule has 2 aromatic carbocycles. The Morgan fingerprint density at radius 1 is 1.00 bits per heavy atom. The van der Waals surface area contributed by atoms with Crippen molar-refractivity contribution in [3.63, 3.8) is 0 Å². The Bertz CT molecular complexity index is 964. The molecule has 146 valence electrons. The summed E-state index contributed by atoms with van der Waals surface area (Å²) < 4.78 is 15.8. The fourth-order valence-corrected chi connectivity index (χ4v) is 2.97. The molecule has 0 atom stereocenters. The molecule has 0 bridgehead atoms. The Morgan fingerprint density at radius 2 is 1.71 bits per heavy atom. The van der Waals surface area contributed by atoms with Gasteiger partial charge in [0.25, 0.3) is 0 Å². The summed E-state index contributed by atoms with van der Waals surface area (Å²) in [7, 11) is 4.78. The zero-order valence-electron chi connectivity index (χ0n) is 16.3. The van der Waals surface area contributed by atoms with E-state index in [1.54, 1.807) is 21.3 Å². The number of carbonyl (C=O) groups is 1. The second-order valence-corrected chi connectivity index (χ2v) is 6.22. The molecule has 2 N–H and O–H groups in total. The number of aromatic nitrogens is 2. The standard InChI is InChI=1S/C21H23N3O4/c1-13-20(15-7-10-17(27-3)18(12-15)28-4)21(24-23-13)22-19(25)11-14-5-8-16(26-2)9-6-14/h5-10,12H,11H2,1-4H3,(H2,22,23,24,25). The molecule has 7 nitrogen and oxygen atoms in total. The Hall–Kier alpha value is -3.48. The molecule has 7 heteroatoms. The minimum atomic E-state index is -0.154. The first-order valence-electron chi connectivity index (χ1n) is 8.75. The molecule has 1 heterocycles. The van der Waals surface area contributed by atoms with Crippen LogP contribution < -0.4 is 19.5 Å². The van der Waals surface area contributed by atoms with Crippen LogP contribution in [0, 0.1) is 6.92 Å². The van der Waals surface area contributed by atoms with Gasteiger partial charge in [-0.15, -0.1) is 0 Å². The number of carbonyl (C=O) groups excluding carboxylic acids is 1. The highest BCUT2D eigenvalue weighted by Gasteiger charge is 2.17. The summed E-state index contributed by atoms with van der Waals surface area (Å²) in [5.41, 5.74) is 3.40. The number of methoxy groups -OCH3 is 3. The van der Waals surface area contributed by atoms with Crippen LogP contribution in [0.3, 0.4) is 0 Å². The minimum absolute atomic E-state index is 0.154. The van der Waals surface area contributed by atoms with Gasteiger partial charge in [-0.2, -0.15) is 5.10 Å². The highest BCUT2D eigenvalue weighted by atomic mass is 16.5. The molecular formula is C21H23N3O4. The molecule has 0 saturated heterocycles. The van der Waals surface area contributed by atoms with E-state index in [-0.39, 0.29) is 12.3 Å². The smallest absolute Gasteiger partial charge is 0.230 e. The van der Waals surface area contributed by atoms with Gasteiger partial charge in [0, 0.05) is 11.3 Å². The van der Waals surface area contributed by atoms with Crippen molar-refractivity contribution < 1.29 is 19.0 Å². The average molecular weight is 381 g/mol. The summed E-state index contributed by atoms with van der Waals surface area (Å²) in [5.74, 6) is 2.32. The van der Waals surface area contributed by atoms with Crippen LogP contribution in [0.4, 0.5) is 5.82 Å². The highest BCUT2D eigenvalue weighted by Crippen LogP contribution is 2.36. The summed E-state index contributed by atoms with van der Waals surface area (Å²) in [6.45, 7) is 1.90. The number of amides is 1. The number of rotatable bonds is 7. The summed E-state index contributed by atoms with van der Waals surface area (Å²) in [6.07, 6.45) is 0.237. The number of hydrogen-bond donors (Lipinski definition) is 2. The fraction of sp³-hybridized carbons (Fsp3) is 0.238. The molecule has 1 aromatic heterocycles. The largest absolute Gasteiger partial charge is 0.497 e. The van der Waals surface area contributed by atoms with Crippen molar-refractivity contribution in [1.29, 1.82) is 0 Å². The Morgan fingerprint density at radius 3 is 2.36 bits per heavy atom. The molecule has 28 heavy (non-hydrogen) atoms. The van der Waals surface area contributed by atoms with Crippen LogP contribution in [0.25, 0.3) is 11.1 Å². The first-order chi connectivity index (χ1) is 13.5. The molecule has 0 saturated carbocycles. The third-order valence-electron chi connectivity index (χ3n) is 4.40. The van der Waals surface area contributed by atoms with Gasteiger partial charge in [0.15, 0.2) is 17.3 Å². The summed E-state index contributed by atoms with van der Waals surface area (Å²) in [6, 6.07) is 13.0.